The van der Waals surface area contributed by atoms with Crippen molar-refractivity contribution in [1.82, 2.24) is 0 Å². The van der Waals surface area contributed by atoms with Gasteiger partial charge in [-0.15, -0.1) is 11.3 Å². The monoisotopic (exact) mass is 993 g/mol. The zero-order chi connectivity index (χ0) is 89.2. The maximum Gasteiger partial charge on any atom is 0.0714 e. The summed E-state index contributed by atoms with van der Waals surface area (Å²) in [5.41, 5.74) is -26.4. The number of rotatable bonds is 9. The van der Waals surface area contributed by atoms with Gasteiger partial charge in [0.15, 0.2) is 0 Å². The molecule has 0 radical (unpaired) electrons. The van der Waals surface area contributed by atoms with Gasteiger partial charge in [-0.05, 0) is 131 Å². The van der Waals surface area contributed by atoms with E-state index in [1.54, 1.807) is 0 Å². The van der Waals surface area contributed by atoms with Gasteiger partial charge in [-0.2, -0.15) is 0 Å². The Morgan fingerprint density at radius 2 is 0.877 bits per heavy atom. The van der Waals surface area contributed by atoms with Gasteiger partial charge < -0.3 is 4.90 Å². The van der Waals surface area contributed by atoms with Crippen molar-refractivity contribution in [3.05, 3.63) is 306 Å². The van der Waals surface area contributed by atoms with E-state index in [9.17, 15) is 45.2 Å². The van der Waals surface area contributed by atoms with Crippen LogP contribution in [0, 0.1) is 0 Å². The van der Waals surface area contributed by atoms with Gasteiger partial charge in [0.2, 0.25) is 0 Å². The molecule has 0 saturated carbocycles. The maximum absolute atomic E-state index is 10.6. The molecule has 14 rings (SSSR count). The lowest BCUT2D eigenvalue weighted by atomic mass is 9.68. The molecule has 13 aromatic rings. The Kier molecular flexibility index (Phi) is 3.98. The topological polar surface area (TPSA) is 3.24 Å². The number of nitrogens with zero attached hydrogens (tertiary/aromatic N) is 1. The minimum atomic E-state index is -3.76. The molecular formula is C71H47NS. The van der Waals surface area contributed by atoms with E-state index in [1.807, 2.05) is 0 Å². The second kappa shape index (κ2) is 17.6. The van der Waals surface area contributed by atoms with Crippen LogP contribution >= 0.6 is 11.3 Å². The fourth-order valence-electron chi connectivity index (χ4n) is 8.71. The second-order valence-electron chi connectivity index (χ2n) is 15.5. The fourth-order valence-corrected chi connectivity index (χ4v) is 9.68. The first kappa shape index (κ1) is 16.5. The van der Waals surface area contributed by atoms with Crippen molar-refractivity contribution < 1.29 is 64.4 Å². The molecule has 0 spiro atoms. The Labute approximate surface area is 496 Å². The number of hydrogen-bond donors (Lipinski definition) is 0. The molecule has 1 heterocycles. The summed E-state index contributed by atoms with van der Waals surface area (Å²) >= 11 is 0.464. The predicted octanol–water partition coefficient (Wildman–Crippen LogP) is 19.7. The van der Waals surface area contributed by atoms with Crippen molar-refractivity contribution in [2.45, 2.75) is 5.41 Å². The van der Waals surface area contributed by atoms with Gasteiger partial charge in [-0.25, -0.2) is 0 Å². The molecule has 1 aliphatic rings. The number of hydrogen-bond acceptors (Lipinski definition) is 2. The van der Waals surface area contributed by atoms with E-state index in [-0.39, 0.29) is 15.0 Å². The Morgan fingerprint density at radius 1 is 0.315 bits per heavy atom. The largest absolute Gasteiger partial charge is 0.310 e. The molecule has 1 aromatic heterocycles. The minimum Gasteiger partial charge on any atom is -0.310 e. The van der Waals surface area contributed by atoms with Gasteiger partial charge in [0.1, 0.15) is 0 Å². The highest BCUT2D eigenvalue weighted by molar-refractivity contribution is 7.25. The third-order valence-electron chi connectivity index (χ3n) is 11.7. The first-order chi connectivity index (χ1) is 55.8. The average Bonchev–Trinajstić information content (AvgIpc) is 1.48. The third kappa shape index (κ3) is 7.06. The van der Waals surface area contributed by atoms with Crippen LogP contribution in [-0.2, 0) is 5.41 Å². The number of anilines is 3. The number of fused-ring (bicyclic) bond motifs is 7. The van der Waals surface area contributed by atoms with E-state index in [1.165, 1.54) is 0 Å². The Hall–Kier alpha value is -9.08. The van der Waals surface area contributed by atoms with Crippen LogP contribution in [0.15, 0.2) is 284 Å². The minimum absolute atomic E-state index is 0.0580. The molecule has 0 aliphatic heterocycles. The zero-order valence-corrected chi connectivity index (χ0v) is 37.2. The molecule has 73 heavy (non-hydrogen) atoms. The molecule has 1 aliphatic carbocycles. The van der Waals surface area contributed by atoms with Crippen molar-refractivity contribution in [3.8, 4) is 55.6 Å². The van der Waals surface area contributed by atoms with Crippen LogP contribution in [0.3, 0.4) is 0 Å². The van der Waals surface area contributed by atoms with Crippen LogP contribution in [0.1, 0.15) is 86.7 Å². The van der Waals surface area contributed by atoms with Crippen molar-refractivity contribution in [2.24, 2.45) is 0 Å². The summed E-state index contributed by atoms with van der Waals surface area (Å²) in [4.78, 5) is 0.0580. The van der Waals surface area contributed by atoms with E-state index in [0.29, 0.717) is 11.3 Å². The van der Waals surface area contributed by atoms with Gasteiger partial charge in [-0.3, -0.25) is 0 Å². The van der Waals surface area contributed by atoms with Crippen LogP contribution in [0.5, 0.6) is 0 Å². The summed E-state index contributed by atoms with van der Waals surface area (Å²) in [6, 6.07) is -61.4. The molecule has 0 unspecified atom stereocenters. The van der Waals surface area contributed by atoms with E-state index in [2.05, 4.69) is 0 Å². The predicted molar refractivity (Wildman–Crippen MR) is 311 cm³/mol. The Balaban J connectivity index is 1.30. The molecule has 0 N–H and O–H groups in total. The smallest absolute Gasteiger partial charge is 0.0714 e. The summed E-state index contributed by atoms with van der Waals surface area (Å²) in [6.45, 7) is 0. The van der Waals surface area contributed by atoms with Crippen LogP contribution in [0.25, 0.3) is 86.6 Å². The molecule has 0 saturated heterocycles. The average molecular weight is 994 g/mol. The highest BCUT2D eigenvalue weighted by Gasteiger charge is 2.47. The molecule has 0 amide bonds. The lowest BCUT2D eigenvalue weighted by Gasteiger charge is -2.34. The third-order valence-corrected chi connectivity index (χ3v) is 12.7. The van der Waals surface area contributed by atoms with E-state index >= 15 is 0 Å². The molecule has 0 bridgehead atoms. The molecule has 12 aromatic carbocycles. The first-order valence-electron chi connectivity index (χ1n) is 44.8. The van der Waals surface area contributed by atoms with Gasteiger partial charge in [-0.1, -0.05) is 236 Å². The van der Waals surface area contributed by atoms with Crippen molar-refractivity contribution in [2.75, 3.05) is 4.90 Å². The molecular weight excluding hydrogens is 899 g/mol. The fraction of sp³-hybridized carbons (Fsp3) is 0.0141. The SMILES string of the molecule is [2H]c1c([2H])c([2H])c(-c2c([2H])c(-c3c([2H])c([2H])c([2H])c([2H])c3[2H])c([2H])c(N(c3c([2H])c([2H])c(-c4c([2H])c([2H])c5c([2H])c([2H])c([2H])c([2H])c5c4-c4c([2H])c([2H])c5c(sc6c([2H])c([2H])c([2H])c([2H])c65)c4[2H])c([2H])c3[2H])c3c([2H])c([2H])c([2H])c4c3-c3c([2H])c([2H])c([2H])c([2H])c3C4(c3c([2H])c([2H])c([2H])c([2H])c3[2H])c3c([2H])c([2H])c([2H])c([2H])c3[2H])c2[2H])c([2H])c1[2H]. The second-order valence-corrected chi connectivity index (χ2v) is 16.5. The van der Waals surface area contributed by atoms with E-state index in [0.717, 1.165) is 0 Å². The summed E-state index contributed by atoms with van der Waals surface area (Å²) in [5, 5.41) is -2.66. The van der Waals surface area contributed by atoms with Gasteiger partial charge in [0.25, 0.3) is 0 Å². The molecule has 342 valence electrons. The highest BCUT2D eigenvalue weighted by atomic mass is 32.1. The van der Waals surface area contributed by atoms with Crippen molar-refractivity contribution in [1.29, 1.82) is 0 Å². The molecule has 0 atom stereocenters. The van der Waals surface area contributed by atoms with Gasteiger partial charge >= 0.3 is 0 Å². The lowest BCUT2D eigenvalue weighted by Crippen LogP contribution is -2.28. The van der Waals surface area contributed by atoms with Crippen LogP contribution in [-0.4, -0.2) is 0 Å². The standard InChI is InChI=1S/C71H47NS/c1-5-20-48(21-6-1)53-44-54(49-22-7-2-8-23-49)46-58(45-53)72(66-34-19-33-65-70(66)63-31-15-17-32-64(63)71(65,55-25-9-3-10-26-55)56-27-11-4-12-28-56)57-40-36-51(37-41-57)60-42-38-50-24-13-14-29-59(50)69(60)52-39-43-62-61-30-16-18-35-67(61)73-68(62)47-52/h1-47H/i1D,2D,3D,4D,5D,6D,7D,8D,9D,10D,11D,12D,13D,14D,15D,16D,17D,18D,19D,20D,21D,22D,23D,24D,25D,26D,27D,28D,29D,30D,31D,32D,33D,34D,35D,36D,37D,38D,39D,40D,41D,42D,43D,44D,45D,46D,47D. The van der Waals surface area contributed by atoms with Crippen LogP contribution in [0.4, 0.5) is 17.1 Å². The maximum atomic E-state index is 10.6. The van der Waals surface area contributed by atoms with Crippen LogP contribution in [0.2, 0.25) is 0 Å². The first-order valence-corrected chi connectivity index (χ1v) is 22.1. The quantitative estimate of drug-likeness (QED) is 0.139. The van der Waals surface area contributed by atoms with Crippen molar-refractivity contribution >= 4 is 59.3 Å². The van der Waals surface area contributed by atoms with E-state index in [4.69, 9.17) is 19.2 Å². The molecule has 2 heteroatoms. The zero-order valence-electron chi connectivity index (χ0n) is 83.4. The van der Waals surface area contributed by atoms with Gasteiger partial charge in [0, 0.05) is 37.1 Å². The number of thiophene rings is 1. The Bertz CT molecular complexity index is 6750. The number of benzene rings is 12. The molecule has 1 nitrogen and oxygen atoms in total. The highest BCUT2D eigenvalue weighted by Crippen LogP contribution is 2.60. The van der Waals surface area contributed by atoms with Crippen molar-refractivity contribution in [3.63, 3.8) is 0 Å². The molecule has 0 fully saturated rings. The van der Waals surface area contributed by atoms with Crippen LogP contribution < -0.4 is 4.90 Å². The summed E-state index contributed by atoms with van der Waals surface area (Å²) in [6.07, 6.45) is 0. The lowest BCUT2D eigenvalue weighted by molar-refractivity contribution is 0.768. The van der Waals surface area contributed by atoms with E-state index < -0.39 is 405 Å². The summed E-state index contributed by atoms with van der Waals surface area (Å²) in [5.74, 6) is 0. The summed E-state index contributed by atoms with van der Waals surface area (Å²) < 4.78 is 447. The van der Waals surface area contributed by atoms with Gasteiger partial charge in [0.05, 0.1) is 75.5 Å². The normalized spacial score (nSPS) is 21.5. The summed E-state index contributed by atoms with van der Waals surface area (Å²) in [7, 11) is 0. The Morgan fingerprint density at radius 3 is 1.58 bits per heavy atom.